The van der Waals surface area contributed by atoms with Gasteiger partial charge in [0.15, 0.2) is 5.13 Å². The molecular weight excluding hydrogens is 305 g/mol. The standard InChI is InChI=1S/C15H18FN3O2S/c1-10(9-20)19(2)15(21)18-14-17-8-13(22-14)7-11-4-3-5-12(16)6-11/h3-6,8,10,20H,7,9H2,1-2H3,(H,17,18,21). The molecular formula is C15H18FN3O2S. The van der Waals surface area contributed by atoms with Gasteiger partial charge in [0.1, 0.15) is 5.82 Å². The van der Waals surface area contributed by atoms with Gasteiger partial charge < -0.3 is 10.0 Å². The van der Waals surface area contributed by atoms with Crippen LogP contribution in [-0.4, -0.2) is 40.7 Å². The average molecular weight is 323 g/mol. The van der Waals surface area contributed by atoms with Gasteiger partial charge in [-0.1, -0.05) is 12.1 Å². The monoisotopic (exact) mass is 323 g/mol. The number of nitrogens with zero attached hydrogens (tertiary/aromatic N) is 2. The third kappa shape index (κ3) is 4.25. The molecule has 0 spiro atoms. The van der Waals surface area contributed by atoms with Crippen LogP contribution in [0.25, 0.3) is 0 Å². The Morgan fingerprint density at radius 3 is 3.00 bits per heavy atom. The lowest BCUT2D eigenvalue weighted by molar-refractivity contribution is 0.166. The number of benzene rings is 1. The largest absolute Gasteiger partial charge is 0.394 e. The van der Waals surface area contributed by atoms with Crippen molar-refractivity contribution >= 4 is 22.5 Å². The summed E-state index contributed by atoms with van der Waals surface area (Å²) < 4.78 is 13.2. The first-order chi connectivity index (χ1) is 10.5. The van der Waals surface area contributed by atoms with Gasteiger partial charge in [-0.05, 0) is 24.6 Å². The molecule has 1 atom stereocenters. The number of carbonyl (C=O) groups excluding carboxylic acids is 1. The Balaban J connectivity index is 1.98. The quantitative estimate of drug-likeness (QED) is 0.889. The fourth-order valence-corrected chi connectivity index (χ4v) is 2.63. The number of hydrogen-bond acceptors (Lipinski definition) is 4. The third-order valence-corrected chi connectivity index (χ3v) is 4.19. The number of amides is 2. The molecule has 0 saturated carbocycles. The van der Waals surface area contributed by atoms with Gasteiger partial charge in [-0.15, -0.1) is 11.3 Å². The number of likely N-dealkylation sites (N-methyl/N-ethyl adjacent to an activating group) is 1. The molecule has 22 heavy (non-hydrogen) atoms. The van der Waals surface area contributed by atoms with Crippen molar-refractivity contribution in [1.29, 1.82) is 0 Å². The summed E-state index contributed by atoms with van der Waals surface area (Å²) in [7, 11) is 1.61. The van der Waals surface area contributed by atoms with E-state index in [2.05, 4.69) is 10.3 Å². The fourth-order valence-electron chi connectivity index (χ4n) is 1.80. The fraction of sp³-hybridized carbons (Fsp3) is 0.333. The summed E-state index contributed by atoms with van der Waals surface area (Å²) in [4.78, 5) is 18.4. The highest BCUT2D eigenvalue weighted by molar-refractivity contribution is 7.15. The highest BCUT2D eigenvalue weighted by Gasteiger charge is 2.16. The number of anilines is 1. The molecule has 5 nitrogen and oxygen atoms in total. The second-order valence-electron chi connectivity index (χ2n) is 5.01. The maximum atomic E-state index is 13.2. The molecule has 1 unspecified atom stereocenters. The zero-order valence-corrected chi connectivity index (χ0v) is 13.2. The van der Waals surface area contributed by atoms with E-state index in [9.17, 15) is 9.18 Å². The Hall–Kier alpha value is -1.99. The van der Waals surface area contributed by atoms with E-state index in [0.717, 1.165) is 10.4 Å². The summed E-state index contributed by atoms with van der Waals surface area (Å²) >= 11 is 1.34. The first kappa shape index (κ1) is 16.4. The van der Waals surface area contributed by atoms with Crippen LogP contribution in [0.5, 0.6) is 0 Å². The second-order valence-corrected chi connectivity index (χ2v) is 6.13. The summed E-state index contributed by atoms with van der Waals surface area (Å²) in [5.41, 5.74) is 0.854. The molecule has 0 fully saturated rings. The van der Waals surface area contributed by atoms with Crippen LogP contribution in [-0.2, 0) is 6.42 Å². The molecule has 7 heteroatoms. The Morgan fingerprint density at radius 1 is 1.55 bits per heavy atom. The second kappa shape index (κ2) is 7.33. The molecule has 1 heterocycles. The molecule has 0 bridgehead atoms. The molecule has 1 aromatic heterocycles. The molecule has 1 aromatic carbocycles. The lowest BCUT2D eigenvalue weighted by Crippen LogP contribution is -2.40. The van der Waals surface area contributed by atoms with Crippen LogP contribution in [0.15, 0.2) is 30.5 Å². The summed E-state index contributed by atoms with van der Waals surface area (Å²) in [5.74, 6) is -0.268. The predicted molar refractivity (Wildman–Crippen MR) is 84.6 cm³/mol. The van der Waals surface area contributed by atoms with Crippen LogP contribution >= 0.6 is 11.3 Å². The smallest absolute Gasteiger partial charge is 0.323 e. The number of hydrogen-bond donors (Lipinski definition) is 2. The minimum atomic E-state index is -0.326. The van der Waals surface area contributed by atoms with Gasteiger partial charge in [0.05, 0.1) is 12.6 Å². The van der Waals surface area contributed by atoms with E-state index >= 15 is 0 Å². The van der Waals surface area contributed by atoms with E-state index in [1.807, 2.05) is 6.07 Å². The molecule has 0 radical (unpaired) electrons. The van der Waals surface area contributed by atoms with E-state index in [-0.39, 0.29) is 24.5 Å². The average Bonchev–Trinajstić information content (AvgIpc) is 2.92. The number of rotatable bonds is 5. The van der Waals surface area contributed by atoms with Crippen LogP contribution in [0, 0.1) is 5.82 Å². The first-order valence-electron chi connectivity index (χ1n) is 6.83. The number of thiazole rings is 1. The van der Waals surface area contributed by atoms with Crippen molar-refractivity contribution in [2.24, 2.45) is 0 Å². The molecule has 0 aliphatic heterocycles. The Kier molecular flexibility index (Phi) is 5.46. The van der Waals surface area contributed by atoms with Crippen molar-refractivity contribution in [3.8, 4) is 0 Å². The van der Waals surface area contributed by atoms with Crippen molar-refractivity contribution in [3.05, 3.63) is 46.7 Å². The molecule has 2 amide bonds. The van der Waals surface area contributed by atoms with Crippen LogP contribution in [0.1, 0.15) is 17.4 Å². The van der Waals surface area contributed by atoms with Crippen molar-refractivity contribution in [2.75, 3.05) is 19.0 Å². The lowest BCUT2D eigenvalue weighted by Gasteiger charge is -2.22. The minimum Gasteiger partial charge on any atom is -0.394 e. The van der Waals surface area contributed by atoms with Gasteiger partial charge in [0, 0.05) is 24.5 Å². The number of aliphatic hydroxyl groups is 1. The van der Waals surface area contributed by atoms with Gasteiger partial charge >= 0.3 is 6.03 Å². The summed E-state index contributed by atoms with van der Waals surface area (Å²) in [6, 6.07) is 5.80. The molecule has 0 aliphatic rings. The van der Waals surface area contributed by atoms with Gasteiger partial charge in [-0.25, -0.2) is 14.2 Å². The summed E-state index contributed by atoms with van der Waals surface area (Å²) in [6.45, 7) is 1.64. The van der Waals surface area contributed by atoms with Crippen molar-refractivity contribution in [1.82, 2.24) is 9.88 Å². The minimum absolute atomic E-state index is 0.105. The van der Waals surface area contributed by atoms with Crippen molar-refractivity contribution < 1.29 is 14.3 Å². The van der Waals surface area contributed by atoms with Crippen LogP contribution < -0.4 is 5.32 Å². The van der Waals surface area contributed by atoms with E-state index < -0.39 is 0 Å². The number of aliphatic hydroxyl groups excluding tert-OH is 1. The molecule has 2 aromatic rings. The van der Waals surface area contributed by atoms with Crippen LogP contribution in [0.3, 0.4) is 0 Å². The van der Waals surface area contributed by atoms with Gasteiger partial charge in [0.25, 0.3) is 0 Å². The Morgan fingerprint density at radius 2 is 2.32 bits per heavy atom. The zero-order valence-electron chi connectivity index (χ0n) is 12.4. The maximum absolute atomic E-state index is 13.2. The summed E-state index contributed by atoms with van der Waals surface area (Å²) in [6.07, 6.45) is 2.23. The van der Waals surface area contributed by atoms with E-state index in [1.165, 1.54) is 28.4 Å². The zero-order chi connectivity index (χ0) is 16.1. The lowest BCUT2D eigenvalue weighted by atomic mass is 10.1. The Bertz CT molecular complexity index is 647. The number of aromatic nitrogens is 1. The molecule has 2 rings (SSSR count). The highest BCUT2D eigenvalue weighted by Crippen LogP contribution is 2.21. The SMILES string of the molecule is CC(CO)N(C)C(=O)Nc1ncc(Cc2cccc(F)c2)s1. The molecule has 0 saturated heterocycles. The van der Waals surface area contributed by atoms with Gasteiger partial charge in [-0.2, -0.15) is 0 Å². The van der Waals surface area contributed by atoms with Crippen molar-refractivity contribution in [2.45, 2.75) is 19.4 Å². The number of carbonyl (C=O) groups is 1. The maximum Gasteiger partial charge on any atom is 0.323 e. The normalized spacial score (nSPS) is 12.0. The van der Waals surface area contributed by atoms with Crippen LogP contribution in [0.2, 0.25) is 0 Å². The van der Waals surface area contributed by atoms with E-state index in [4.69, 9.17) is 5.11 Å². The Labute approximate surface area is 132 Å². The molecule has 118 valence electrons. The third-order valence-electron chi connectivity index (χ3n) is 3.28. The molecule has 0 aliphatic carbocycles. The summed E-state index contributed by atoms with van der Waals surface area (Å²) in [5, 5.41) is 12.2. The topological polar surface area (TPSA) is 65.5 Å². The number of urea groups is 1. The number of halogens is 1. The van der Waals surface area contributed by atoms with Crippen molar-refractivity contribution in [3.63, 3.8) is 0 Å². The van der Waals surface area contributed by atoms with E-state index in [0.29, 0.717) is 11.6 Å². The molecule has 2 N–H and O–H groups in total. The predicted octanol–water partition coefficient (Wildman–Crippen LogP) is 2.72. The first-order valence-corrected chi connectivity index (χ1v) is 7.65. The van der Waals surface area contributed by atoms with Crippen LogP contribution in [0.4, 0.5) is 14.3 Å². The van der Waals surface area contributed by atoms with E-state index in [1.54, 1.807) is 26.2 Å². The van der Waals surface area contributed by atoms with Gasteiger partial charge in [-0.3, -0.25) is 5.32 Å². The number of nitrogens with one attached hydrogen (secondary N) is 1. The highest BCUT2D eigenvalue weighted by atomic mass is 32.1. The van der Waals surface area contributed by atoms with Gasteiger partial charge in [0.2, 0.25) is 0 Å².